The minimum absolute atomic E-state index is 0.0193. The van der Waals surface area contributed by atoms with Crippen LogP contribution < -0.4 is 4.90 Å². The van der Waals surface area contributed by atoms with Crippen molar-refractivity contribution in [1.82, 2.24) is 34.8 Å². The fourth-order valence-corrected chi connectivity index (χ4v) is 4.36. The molecule has 0 saturated carbocycles. The third-order valence-corrected chi connectivity index (χ3v) is 6.00. The molecule has 10 nitrogen and oxygen atoms in total. The average Bonchev–Trinajstić information content (AvgIpc) is 3.51. The maximum Gasteiger partial charge on any atom is 0.410 e. The molecule has 0 bridgehead atoms. The Morgan fingerprint density at radius 3 is 2.97 bits per heavy atom. The molecule has 32 heavy (non-hydrogen) atoms. The quantitative estimate of drug-likeness (QED) is 0.527. The Labute approximate surface area is 181 Å². The molecule has 0 spiro atoms. The SMILES string of the molecule is Cn1cc(-c2cc3c(-c4cc(N5CCN6C(=O)OCC6C5)ncn4)n[nH]c3cc2F)cn1. The number of cyclic esters (lactones) is 1. The van der Waals surface area contributed by atoms with Crippen molar-refractivity contribution in [3.05, 3.63) is 42.7 Å². The second kappa shape index (κ2) is 7.01. The van der Waals surface area contributed by atoms with Crippen molar-refractivity contribution in [1.29, 1.82) is 0 Å². The number of amides is 1. The number of aryl methyl sites for hydroxylation is 1. The van der Waals surface area contributed by atoms with Crippen LogP contribution >= 0.6 is 0 Å². The lowest BCUT2D eigenvalue weighted by atomic mass is 10.0. The summed E-state index contributed by atoms with van der Waals surface area (Å²) in [6.45, 7) is 2.27. The van der Waals surface area contributed by atoms with Gasteiger partial charge in [-0.25, -0.2) is 19.2 Å². The maximum absolute atomic E-state index is 14.7. The summed E-state index contributed by atoms with van der Waals surface area (Å²) >= 11 is 0. The standard InChI is InChI=1S/C21H19FN8O2/c1-28-8-12(7-25-28)14-4-15-17(5-16(14)22)26-27-20(15)18-6-19(24-11-23-18)29-2-3-30-13(9-29)10-32-21(30)31/h4-8,11,13H,2-3,9-10H2,1H3,(H,26,27). The number of fused-ring (bicyclic) bond motifs is 2. The van der Waals surface area contributed by atoms with E-state index in [-0.39, 0.29) is 18.0 Å². The van der Waals surface area contributed by atoms with Crippen molar-refractivity contribution >= 4 is 22.8 Å². The number of aromatic amines is 1. The average molecular weight is 434 g/mol. The minimum Gasteiger partial charge on any atom is -0.447 e. The van der Waals surface area contributed by atoms with E-state index in [2.05, 4.69) is 30.2 Å². The summed E-state index contributed by atoms with van der Waals surface area (Å²) in [4.78, 5) is 24.5. The molecule has 0 radical (unpaired) electrons. The summed E-state index contributed by atoms with van der Waals surface area (Å²) in [5.41, 5.74) is 2.97. The Bertz CT molecular complexity index is 1350. The van der Waals surface area contributed by atoms with Crippen LogP contribution in [0, 0.1) is 5.82 Å². The van der Waals surface area contributed by atoms with Crippen molar-refractivity contribution in [3.8, 4) is 22.5 Å². The molecule has 4 aromatic rings. The number of aromatic nitrogens is 6. The maximum atomic E-state index is 14.7. The normalized spacial score (nSPS) is 18.3. The molecule has 11 heteroatoms. The number of carbonyl (C=O) groups is 1. The number of hydrogen-bond donors (Lipinski definition) is 1. The summed E-state index contributed by atoms with van der Waals surface area (Å²) in [7, 11) is 1.79. The van der Waals surface area contributed by atoms with Crippen molar-refractivity contribution in [3.63, 3.8) is 0 Å². The molecule has 2 fully saturated rings. The summed E-state index contributed by atoms with van der Waals surface area (Å²) in [6, 6.07) is 5.09. The number of hydrogen-bond acceptors (Lipinski definition) is 7. The smallest absolute Gasteiger partial charge is 0.410 e. The molecule has 6 rings (SSSR count). The zero-order valence-corrected chi connectivity index (χ0v) is 17.2. The summed E-state index contributed by atoms with van der Waals surface area (Å²) in [5, 5.41) is 12.2. The van der Waals surface area contributed by atoms with E-state index in [1.165, 1.54) is 12.4 Å². The van der Waals surface area contributed by atoms with Crippen LogP contribution in [0.25, 0.3) is 33.4 Å². The van der Waals surface area contributed by atoms with Gasteiger partial charge in [0.25, 0.3) is 0 Å². The molecule has 5 heterocycles. The molecule has 3 aromatic heterocycles. The Balaban J connectivity index is 1.36. The van der Waals surface area contributed by atoms with E-state index in [0.29, 0.717) is 54.3 Å². The molecule has 1 aromatic carbocycles. The summed E-state index contributed by atoms with van der Waals surface area (Å²) < 4.78 is 21.5. The third kappa shape index (κ3) is 2.96. The van der Waals surface area contributed by atoms with Crippen LogP contribution in [0.4, 0.5) is 15.0 Å². The second-order valence-electron chi connectivity index (χ2n) is 7.98. The molecule has 1 N–H and O–H groups in total. The van der Waals surface area contributed by atoms with Gasteiger partial charge in [-0.1, -0.05) is 0 Å². The molecule has 162 valence electrons. The first kappa shape index (κ1) is 18.7. The molecule has 2 aliphatic rings. The fourth-order valence-electron chi connectivity index (χ4n) is 4.36. The number of nitrogens with one attached hydrogen (secondary N) is 1. The van der Waals surface area contributed by atoms with Crippen LogP contribution in [0.5, 0.6) is 0 Å². The van der Waals surface area contributed by atoms with Gasteiger partial charge < -0.3 is 9.64 Å². The van der Waals surface area contributed by atoms with E-state index in [9.17, 15) is 9.18 Å². The number of carbonyl (C=O) groups excluding carboxylic acids is 1. The van der Waals surface area contributed by atoms with Gasteiger partial charge in [0, 0.05) is 61.5 Å². The van der Waals surface area contributed by atoms with Gasteiger partial charge in [0.05, 0.1) is 23.4 Å². The fraction of sp³-hybridized carbons (Fsp3) is 0.286. The molecule has 1 unspecified atom stereocenters. The predicted molar refractivity (Wildman–Crippen MR) is 113 cm³/mol. The highest BCUT2D eigenvalue weighted by atomic mass is 19.1. The lowest BCUT2D eigenvalue weighted by Crippen LogP contribution is -2.52. The van der Waals surface area contributed by atoms with Crippen molar-refractivity contribution in [2.45, 2.75) is 6.04 Å². The van der Waals surface area contributed by atoms with Crippen LogP contribution in [0.3, 0.4) is 0 Å². The molecule has 1 amide bonds. The monoisotopic (exact) mass is 434 g/mol. The molecular formula is C21H19FN8O2. The van der Waals surface area contributed by atoms with Gasteiger partial charge in [-0.15, -0.1) is 0 Å². The van der Waals surface area contributed by atoms with Crippen LogP contribution in [0.2, 0.25) is 0 Å². The van der Waals surface area contributed by atoms with Gasteiger partial charge in [0.2, 0.25) is 0 Å². The van der Waals surface area contributed by atoms with Crippen molar-refractivity contribution in [2.24, 2.45) is 7.05 Å². The Hall–Kier alpha value is -4.02. The Morgan fingerprint density at radius 2 is 2.12 bits per heavy atom. The predicted octanol–water partition coefficient (Wildman–Crippen LogP) is 2.20. The third-order valence-electron chi connectivity index (χ3n) is 6.00. The summed E-state index contributed by atoms with van der Waals surface area (Å²) in [6.07, 6.45) is 4.64. The second-order valence-corrected chi connectivity index (χ2v) is 7.98. The Kier molecular flexibility index (Phi) is 4.10. The van der Waals surface area contributed by atoms with Crippen LogP contribution in [-0.4, -0.2) is 73.2 Å². The molecule has 2 saturated heterocycles. The first-order valence-electron chi connectivity index (χ1n) is 10.2. The topological polar surface area (TPSA) is 105 Å². The number of H-pyrrole nitrogens is 1. The molecule has 0 aliphatic carbocycles. The van der Waals surface area contributed by atoms with E-state index in [1.54, 1.807) is 35.1 Å². The van der Waals surface area contributed by atoms with E-state index in [0.717, 1.165) is 11.2 Å². The highest BCUT2D eigenvalue weighted by molar-refractivity contribution is 5.95. The van der Waals surface area contributed by atoms with E-state index < -0.39 is 0 Å². The zero-order chi connectivity index (χ0) is 21.8. The first-order chi connectivity index (χ1) is 15.6. The molecule has 2 aliphatic heterocycles. The van der Waals surface area contributed by atoms with Gasteiger partial charge in [0.1, 0.15) is 30.3 Å². The highest BCUT2D eigenvalue weighted by Crippen LogP contribution is 2.32. The number of nitrogens with zero attached hydrogens (tertiary/aromatic N) is 7. The highest BCUT2D eigenvalue weighted by Gasteiger charge is 2.37. The van der Waals surface area contributed by atoms with E-state index >= 15 is 0 Å². The number of ether oxygens (including phenoxy) is 1. The van der Waals surface area contributed by atoms with E-state index in [4.69, 9.17) is 4.74 Å². The number of piperazine rings is 1. The zero-order valence-electron chi connectivity index (χ0n) is 17.2. The number of anilines is 1. The van der Waals surface area contributed by atoms with Crippen molar-refractivity contribution < 1.29 is 13.9 Å². The lowest BCUT2D eigenvalue weighted by Gasteiger charge is -2.36. The van der Waals surface area contributed by atoms with E-state index in [1.807, 2.05) is 6.07 Å². The molecular weight excluding hydrogens is 415 g/mol. The van der Waals surface area contributed by atoms with Gasteiger partial charge in [-0.3, -0.25) is 14.7 Å². The van der Waals surface area contributed by atoms with Gasteiger partial charge in [0.15, 0.2) is 0 Å². The minimum atomic E-state index is -0.352. The number of halogens is 1. The largest absolute Gasteiger partial charge is 0.447 e. The summed E-state index contributed by atoms with van der Waals surface area (Å²) in [5.74, 6) is 0.398. The van der Waals surface area contributed by atoms with Gasteiger partial charge in [-0.05, 0) is 6.07 Å². The van der Waals surface area contributed by atoms with Crippen LogP contribution in [-0.2, 0) is 11.8 Å². The number of rotatable bonds is 3. The van der Waals surface area contributed by atoms with Crippen LogP contribution in [0.1, 0.15) is 0 Å². The van der Waals surface area contributed by atoms with Crippen molar-refractivity contribution in [2.75, 3.05) is 31.1 Å². The van der Waals surface area contributed by atoms with Crippen LogP contribution in [0.15, 0.2) is 36.9 Å². The Morgan fingerprint density at radius 1 is 1.22 bits per heavy atom. The molecule has 1 atom stereocenters. The number of benzene rings is 1. The first-order valence-corrected chi connectivity index (χ1v) is 10.2. The van der Waals surface area contributed by atoms with Gasteiger partial charge in [-0.2, -0.15) is 10.2 Å². The van der Waals surface area contributed by atoms with Gasteiger partial charge >= 0.3 is 6.09 Å². The lowest BCUT2D eigenvalue weighted by molar-refractivity contribution is 0.157.